The molecule has 186 valence electrons. The van der Waals surface area contributed by atoms with Crippen molar-refractivity contribution in [1.82, 2.24) is 9.78 Å². The Kier molecular flexibility index (Phi) is 7.30. The lowest BCUT2D eigenvalue weighted by Gasteiger charge is -2.30. The molecule has 0 spiro atoms. The Morgan fingerprint density at radius 1 is 0.861 bits per heavy atom. The van der Waals surface area contributed by atoms with Gasteiger partial charge in [0.15, 0.2) is 0 Å². The fourth-order valence-electron chi connectivity index (χ4n) is 4.02. The summed E-state index contributed by atoms with van der Waals surface area (Å²) in [7, 11) is 6.23. The Morgan fingerprint density at radius 3 is 1.97 bits per heavy atom. The van der Waals surface area contributed by atoms with Crippen LogP contribution in [-0.4, -0.2) is 44.1 Å². The van der Waals surface area contributed by atoms with Crippen LogP contribution in [0.4, 0.5) is 0 Å². The number of primary amides is 1. The first-order chi connectivity index (χ1) is 17.4. The summed E-state index contributed by atoms with van der Waals surface area (Å²) >= 11 is 6.19. The number of ether oxygens (including phenoxy) is 4. The van der Waals surface area contributed by atoms with Crippen LogP contribution in [0.2, 0.25) is 5.02 Å². The van der Waals surface area contributed by atoms with Gasteiger partial charge < -0.3 is 24.7 Å². The van der Waals surface area contributed by atoms with Crippen molar-refractivity contribution < 1.29 is 23.7 Å². The maximum atomic E-state index is 12.0. The highest BCUT2D eigenvalue weighted by atomic mass is 35.5. The monoisotopic (exact) mass is 507 g/mol. The van der Waals surface area contributed by atoms with Gasteiger partial charge in [0.25, 0.3) is 0 Å². The molecule has 0 saturated heterocycles. The molecule has 0 radical (unpaired) electrons. The summed E-state index contributed by atoms with van der Waals surface area (Å²) in [4.78, 5) is 12.0. The number of benzene rings is 3. The van der Waals surface area contributed by atoms with Crippen LogP contribution in [0.25, 0.3) is 16.9 Å². The Hall–Kier alpha value is -3.85. The number of nitrogens with two attached hydrogens (primary N) is 1. The van der Waals surface area contributed by atoms with E-state index < -0.39 is 11.7 Å². The SMILES string of the molecule is COc1ccc(-c2cc(C(OC)(OC)c3ccc(Cl)c(C(N)=O)c3)nn2-c2ccc(OC)cc2)cc1. The summed E-state index contributed by atoms with van der Waals surface area (Å²) < 4.78 is 24.2. The number of rotatable bonds is 9. The fraction of sp³-hybridized carbons (Fsp3) is 0.185. The van der Waals surface area contributed by atoms with E-state index >= 15 is 0 Å². The van der Waals surface area contributed by atoms with Crippen LogP contribution in [0.15, 0.2) is 72.8 Å². The van der Waals surface area contributed by atoms with Crippen molar-refractivity contribution in [3.63, 3.8) is 0 Å². The Bertz CT molecular complexity index is 1300. The smallest absolute Gasteiger partial charge is 0.250 e. The molecule has 0 aliphatic rings. The zero-order chi connectivity index (χ0) is 25.9. The number of nitrogens with zero attached hydrogens (tertiary/aromatic N) is 2. The average molecular weight is 508 g/mol. The Morgan fingerprint density at radius 2 is 1.44 bits per heavy atom. The summed E-state index contributed by atoms with van der Waals surface area (Å²) in [5.41, 5.74) is 9.10. The molecule has 4 aromatic rings. The van der Waals surface area contributed by atoms with Crippen molar-refractivity contribution in [2.45, 2.75) is 5.79 Å². The maximum Gasteiger partial charge on any atom is 0.250 e. The molecule has 9 heteroatoms. The van der Waals surface area contributed by atoms with Crippen molar-refractivity contribution in [1.29, 1.82) is 0 Å². The number of hydrogen-bond acceptors (Lipinski definition) is 6. The number of carbonyl (C=O) groups is 1. The molecule has 0 aliphatic carbocycles. The van der Waals surface area contributed by atoms with Gasteiger partial charge in [-0.15, -0.1) is 0 Å². The van der Waals surface area contributed by atoms with Crippen LogP contribution in [-0.2, 0) is 15.3 Å². The molecule has 1 aromatic heterocycles. The lowest BCUT2D eigenvalue weighted by molar-refractivity contribution is -0.186. The molecule has 1 heterocycles. The van der Waals surface area contributed by atoms with Crippen LogP contribution in [0.5, 0.6) is 11.5 Å². The van der Waals surface area contributed by atoms with E-state index in [0.29, 0.717) is 11.3 Å². The van der Waals surface area contributed by atoms with E-state index in [-0.39, 0.29) is 10.6 Å². The number of aromatic nitrogens is 2. The van der Waals surface area contributed by atoms with Crippen LogP contribution in [0, 0.1) is 0 Å². The van der Waals surface area contributed by atoms with Gasteiger partial charge in [-0.2, -0.15) is 5.10 Å². The second-order valence-corrected chi connectivity index (χ2v) is 8.24. The second-order valence-electron chi connectivity index (χ2n) is 7.84. The fourth-order valence-corrected chi connectivity index (χ4v) is 4.24. The third kappa shape index (κ3) is 4.54. The standard InChI is InChI=1S/C27H26ClN3O5/c1-33-20-10-5-17(6-11-20)24-16-25(30-31(24)19-8-12-21(34-2)13-9-19)27(35-3,36-4)18-7-14-23(28)22(15-18)26(29)32/h5-16H,1-4H3,(H2,29,32). The summed E-state index contributed by atoms with van der Waals surface area (Å²) in [6.07, 6.45) is 0. The van der Waals surface area contributed by atoms with E-state index in [1.807, 2.05) is 54.6 Å². The Labute approximate surface area is 214 Å². The zero-order valence-corrected chi connectivity index (χ0v) is 21.1. The van der Waals surface area contributed by atoms with Crippen molar-refractivity contribution >= 4 is 17.5 Å². The minimum atomic E-state index is -1.45. The molecule has 0 aliphatic heterocycles. The molecule has 0 unspecified atom stereocenters. The number of carbonyl (C=O) groups excluding carboxylic acids is 1. The first-order valence-corrected chi connectivity index (χ1v) is 11.3. The average Bonchev–Trinajstić information content (AvgIpc) is 3.36. The first kappa shape index (κ1) is 25.2. The minimum absolute atomic E-state index is 0.151. The summed E-state index contributed by atoms with van der Waals surface area (Å²) in [5.74, 6) is -0.655. The van der Waals surface area contributed by atoms with Crippen molar-refractivity contribution in [2.24, 2.45) is 5.73 Å². The Balaban J connectivity index is 1.94. The summed E-state index contributed by atoms with van der Waals surface area (Å²) in [6.45, 7) is 0. The van der Waals surface area contributed by atoms with Crippen LogP contribution in [0.1, 0.15) is 21.6 Å². The molecule has 0 saturated carbocycles. The number of hydrogen-bond donors (Lipinski definition) is 1. The molecule has 0 atom stereocenters. The van der Waals surface area contributed by atoms with Gasteiger partial charge in [-0.3, -0.25) is 4.79 Å². The van der Waals surface area contributed by atoms with Crippen molar-refractivity contribution in [2.75, 3.05) is 28.4 Å². The van der Waals surface area contributed by atoms with E-state index in [0.717, 1.165) is 28.4 Å². The lowest BCUT2D eigenvalue weighted by atomic mass is 9.98. The lowest BCUT2D eigenvalue weighted by Crippen LogP contribution is -2.33. The maximum absolute atomic E-state index is 12.0. The van der Waals surface area contributed by atoms with E-state index in [2.05, 4.69) is 0 Å². The first-order valence-electron chi connectivity index (χ1n) is 11.0. The molecule has 36 heavy (non-hydrogen) atoms. The van der Waals surface area contributed by atoms with E-state index in [1.54, 1.807) is 37.1 Å². The van der Waals surface area contributed by atoms with Gasteiger partial charge in [0.1, 0.15) is 17.2 Å². The molecule has 2 N–H and O–H groups in total. The van der Waals surface area contributed by atoms with Gasteiger partial charge in [0.2, 0.25) is 11.7 Å². The highest BCUT2D eigenvalue weighted by Gasteiger charge is 2.39. The number of halogens is 1. The van der Waals surface area contributed by atoms with Gasteiger partial charge in [-0.05, 0) is 66.7 Å². The molecule has 3 aromatic carbocycles. The predicted octanol–water partition coefficient (Wildman–Crippen LogP) is 4.80. The predicted molar refractivity (Wildman–Crippen MR) is 137 cm³/mol. The summed E-state index contributed by atoms with van der Waals surface area (Å²) in [5, 5.41) is 5.12. The molecule has 1 amide bonds. The summed E-state index contributed by atoms with van der Waals surface area (Å²) in [6, 6.07) is 21.8. The van der Waals surface area contributed by atoms with E-state index in [9.17, 15) is 4.79 Å². The molecule has 0 fully saturated rings. The largest absolute Gasteiger partial charge is 0.497 e. The van der Waals surface area contributed by atoms with E-state index in [4.69, 9.17) is 41.4 Å². The van der Waals surface area contributed by atoms with Gasteiger partial charge >= 0.3 is 0 Å². The van der Waals surface area contributed by atoms with Crippen LogP contribution >= 0.6 is 11.6 Å². The normalized spacial score (nSPS) is 11.4. The van der Waals surface area contributed by atoms with Crippen LogP contribution in [0.3, 0.4) is 0 Å². The molecular formula is C27H26ClN3O5. The van der Waals surface area contributed by atoms with Gasteiger partial charge in [-0.1, -0.05) is 17.7 Å². The van der Waals surface area contributed by atoms with Gasteiger partial charge in [0, 0.05) is 25.3 Å². The van der Waals surface area contributed by atoms with E-state index in [1.165, 1.54) is 14.2 Å². The number of amides is 1. The molecular weight excluding hydrogens is 482 g/mol. The molecule has 8 nitrogen and oxygen atoms in total. The molecule has 0 bridgehead atoms. The van der Waals surface area contributed by atoms with Crippen molar-refractivity contribution in [3.8, 4) is 28.4 Å². The highest BCUT2D eigenvalue weighted by Crippen LogP contribution is 2.38. The third-order valence-electron chi connectivity index (χ3n) is 5.94. The quantitative estimate of drug-likeness (QED) is 0.327. The van der Waals surface area contributed by atoms with Gasteiger partial charge in [0.05, 0.1) is 36.2 Å². The minimum Gasteiger partial charge on any atom is -0.497 e. The zero-order valence-electron chi connectivity index (χ0n) is 20.3. The third-order valence-corrected chi connectivity index (χ3v) is 6.27. The topological polar surface area (TPSA) is 97.8 Å². The van der Waals surface area contributed by atoms with Gasteiger partial charge in [-0.25, -0.2) is 4.68 Å². The van der Waals surface area contributed by atoms with Crippen molar-refractivity contribution in [3.05, 3.63) is 94.6 Å². The second kappa shape index (κ2) is 10.4. The van der Waals surface area contributed by atoms with Crippen LogP contribution < -0.4 is 15.2 Å². The molecule has 4 rings (SSSR count). The number of methoxy groups -OCH3 is 4. The highest BCUT2D eigenvalue weighted by molar-refractivity contribution is 6.33.